The van der Waals surface area contributed by atoms with E-state index in [0.29, 0.717) is 0 Å². The highest BCUT2D eigenvalue weighted by Gasteiger charge is 2.06. The van der Waals surface area contributed by atoms with Crippen molar-refractivity contribution in [3.63, 3.8) is 0 Å². The van der Waals surface area contributed by atoms with E-state index in [9.17, 15) is 9.90 Å². The highest BCUT2D eigenvalue weighted by molar-refractivity contribution is 5.94. The van der Waals surface area contributed by atoms with Crippen molar-refractivity contribution in [2.24, 2.45) is 0 Å². The molecule has 1 heterocycles. The molecule has 2 aromatic rings. The Morgan fingerprint density at radius 2 is 2.20 bits per heavy atom. The van der Waals surface area contributed by atoms with E-state index in [1.165, 1.54) is 0 Å². The standard InChI is InChI=1S/C12H13NO2/c1-3-10-7(2)9-6-8(12(14)15)4-5-11(9)13-10/h4-6,13H,3H2,1-2H3,(H,14,15)/p-1. The lowest BCUT2D eigenvalue weighted by molar-refractivity contribution is -0.255. The molecule has 1 N–H and O–H groups in total. The summed E-state index contributed by atoms with van der Waals surface area (Å²) in [6.07, 6.45) is 0.918. The van der Waals surface area contributed by atoms with E-state index in [2.05, 4.69) is 11.9 Å². The maximum absolute atomic E-state index is 10.7. The molecule has 0 aliphatic rings. The van der Waals surface area contributed by atoms with Gasteiger partial charge < -0.3 is 14.9 Å². The van der Waals surface area contributed by atoms with Gasteiger partial charge in [0.15, 0.2) is 0 Å². The molecule has 2 rings (SSSR count). The lowest BCUT2D eigenvalue weighted by Gasteiger charge is -2.01. The summed E-state index contributed by atoms with van der Waals surface area (Å²) in [7, 11) is 0. The van der Waals surface area contributed by atoms with Gasteiger partial charge in [-0.1, -0.05) is 13.0 Å². The topological polar surface area (TPSA) is 55.9 Å². The average molecular weight is 202 g/mol. The van der Waals surface area contributed by atoms with Gasteiger partial charge >= 0.3 is 0 Å². The van der Waals surface area contributed by atoms with E-state index in [-0.39, 0.29) is 5.56 Å². The van der Waals surface area contributed by atoms with Gasteiger partial charge in [0.2, 0.25) is 0 Å². The highest BCUT2D eigenvalue weighted by atomic mass is 16.4. The van der Waals surface area contributed by atoms with Crippen LogP contribution >= 0.6 is 0 Å². The van der Waals surface area contributed by atoms with Crippen LogP contribution in [0.2, 0.25) is 0 Å². The van der Waals surface area contributed by atoms with E-state index in [0.717, 1.165) is 28.6 Å². The third-order valence-corrected chi connectivity index (χ3v) is 2.75. The van der Waals surface area contributed by atoms with Crippen molar-refractivity contribution in [1.29, 1.82) is 0 Å². The molecule has 0 fully saturated rings. The van der Waals surface area contributed by atoms with Gasteiger partial charge in [0.25, 0.3) is 0 Å². The number of hydrogen-bond donors (Lipinski definition) is 1. The zero-order valence-electron chi connectivity index (χ0n) is 8.76. The van der Waals surface area contributed by atoms with Crippen LogP contribution in [0.5, 0.6) is 0 Å². The molecule has 78 valence electrons. The maximum atomic E-state index is 10.7. The minimum Gasteiger partial charge on any atom is -0.545 e. The molecule has 0 saturated carbocycles. The maximum Gasteiger partial charge on any atom is 0.0715 e. The Bertz CT molecular complexity index is 526. The minimum atomic E-state index is -1.13. The first-order chi connectivity index (χ1) is 7.13. The summed E-state index contributed by atoms with van der Waals surface area (Å²) in [5.41, 5.74) is 3.48. The van der Waals surface area contributed by atoms with Gasteiger partial charge in [-0.2, -0.15) is 0 Å². The van der Waals surface area contributed by atoms with Crippen LogP contribution in [0.25, 0.3) is 10.9 Å². The summed E-state index contributed by atoms with van der Waals surface area (Å²) in [5.74, 6) is -1.13. The van der Waals surface area contributed by atoms with E-state index in [1.807, 2.05) is 6.92 Å². The van der Waals surface area contributed by atoms with Crippen LogP contribution in [-0.2, 0) is 6.42 Å². The van der Waals surface area contributed by atoms with Gasteiger partial charge in [0.05, 0.1) is 5.97 Å². The van der Waals surface area contributed by atoms with Gasteiger partial charge in [-0.05, 0) is 36.6 Å². The number of nitrogens with one attached hydrogen (secondary N) is 1. The molecule has 0 atom stereocenters. The van der Waals surface area contributed by atoms with E-state index in [1.54, 1.807) is 18.2 Å². The molecule has 3 nitrogen and oxygen atoms in total. The molecule has 0 unspecified atom stereocenters. The summed E-state index contributed by atoms with van der Waals surface area (Å²) in [4.78, 5) is 14.0. The van der Waals surface area contributed by atoms with Crippen molar-refractivity contribution in [2.75, 3.05) is 0 Å². The smallest absolute Gasteiger partial charge is 0.0715 e. The second-order valence-corrected chi connectivity index (χ2v) is 3.63. The number of carboxylic acid groups (broad SMARTS) is 1. The number of carboxylic acids is 1. The number of aryl methyl sites for hydroxylation is 2. The lowest BCUT2D eigenvalue weighted by atomic mass is 10.1. The number of aromatic nitrogens is 1. The van der Waals surface area contributed by atoms with E-state index in [4.69, 9.17) is 0 Å². The van der Waals surface area contributed by atoms with Gasteiger partial charge in [0.1, 0.15) is 0 Å². The first kappa shape index (κ1) is 9.77. The van der Waals surface area contributed by atoms with Crippen LogP contribution in [0.15, 0.2) is 18.2 Å². The van der Waals surface area contributed by atoms with Gasteiger partial charge in [-0.25, -0.2) is 0 Å². The molecular weight excluding hydrogens is 190 g/mol. The Labute approximate surface area is 87.7 Å². The monoisotopic (exact) mass is 202 g/mol. The summed E-state index contributed by atoms with van der Waals surface area (Å²) < 4.78 is 0. The van der Waals surface area contributed by atoms with Gasteiger partial charge in [-0.15, -0.1) is 0 Å². The number of carbonyl (C=O) groups excluding carboxylic acids is 1. The number of rotatable bonds is 2. The van der Waals surface area contributed by atoms with E-state index < -0.39 is 5.97 Å². The normalized spacial score (nSPS) is 10.8. The third-order valence-electron chi connectivity index (χ3n) is 2.75. The predicted molar refractivity (Wildman–Crippen MR) is 56.7 cm³/mol. The van der Waals surface area contributed by atoms with Crippen LogP contribution in [0.4, 0.5) is 0 Å². The zero-order chi connectivity index (χ0) is 11.0. The number of benzene rings is 1. The van der Waals surface area contributed by atoms with Crippen LogP contribution in [0.1, 0.15) is 28.5 Å². The number of aromatic amines is 1. The molecule has 15 heavy (non-hydrogen) atoms. The Morgan fingerprint density at radius 3 is 2.80 bits per heavy atom. The summed E-state index contributed by atoms with van der Waals surface area (Å²) in [6, 6.07) is 5.01. The van der Waals surface area contributed by atoms with Crippen molar-refractivity contribution in [3.05, 3.63) is 35.0 Å². The van der Waals surface area contributed by atoms with Crippen molar-refractivity contribution in [1.82, 2.24) is 4.98 Å². The molecule has 0 saturated heterocycles. The molecule has 3 heteroatoms. The Kier molecular flexibility index (Phi) is 2.23. The number of aromatic carboxylic acids is 1. The highest BCUT2D eigenvalue weighted by Crippen LogP contribution is 2.23. The third kappa shape index (κ3) is 1.50. The summed E-state index contributed by atoms with van der Waals surface area (Å²) >= 11 is 0. The number of H-pyrrole nitrogens is 1. The fourth-order valence-corrected chi connectivity index (χ4v) is 1.86. The quantitative estimate of drug-likeness (QED) is 0.800. The molecule has 0 bridgehead atoms. The molecule has 0 spiro atoms. The van der Waals surface area contributed by atoms with Gasteiger partial charge in [-0.3, -0.25) is 0 Å². The first-order valence-electron chi connectivity index (χ1n) is 4.96. The fraction of sp³-hybridized carbons (Fsp3) is 0.250. The molecule has 0 aliphatic carbocycles. The molecule has 0 aliphatic heterocycles. The Hall–Kier alpha value is -1.77. The molecule has 1 aromatic heterocycles. The first-order valence-corrected chi connectivity index (χ1v) is 4.96. The molecule has 0 amide bonds. The van der Waals surface area contributed by atoms with Crippen LogP contribution < -0.4 is 5.11 Å². The number of carbonyl (C=O) groups is 1. The number of hydrogen-bond acceptors (Lipinski definition) is 2. The molecule has 0 radical (unpaired) electrons. The number of fused-ring (bicyclic) bond motifs is 1. The zero-order valence-corrected chi connectivity index (χ0v) is 8.76. The molecule has 1 aromatic carbocycles. The largest absolute Gasteiger partial charge is 0.545 e. The minimum absolute atomic E-state index is 0.229. The summed E-state index contributed by atoms with van der Waals surface area (Å²) in [6.45, 7) is 4.06. The second kappa shape index (κ2) is 3.42. The van der Waals surface area contributed by atoms with Crippen molar-refractivity contribution in [3.8, 4) is 0 Å². The van der Waals surface area contributed by atoms with Crippen molar-refractivity contribution >= 4 is 16.9 Å². The van der Waals surface area contributed by atoms with Crippen LogP contribution in [0.3, 0.4) is 0 Å². The SMILES string of the molecule is CCc1[nH]c2ccc(C(=O)[O-])cc2c1C. The van der Waals surface area contributed by atoms with Gasteiger partial charge in [0, 0.05) is 16.6 Å². The lowest BCUT2D eigenvalue weighted by Crippen LogP contribution is -2.21. The predicted octanol–water partition coefficient (Wildman–Crippen LogP) is 1.40. The van der Waals surface area contributed by atoms with E-state index >= 15 is 0 Å². The van der Waals surface area contributed by atoms with Crippen LogP contribution in [-0.4, -0.2) is 11.0 Å². The molecular formula is C12H12NO2-. The van der Waals surface area contributed by atoms with Crippen molar-refractivity contribution < 1.29 is 9.90 Å². The second-order valence-electron chi connectivity index (χ2n) is 3.63. The Morgan fingerprint density at radius 1 is 1.47 bits per heavy atom. The van der Waals surface area contributed by atoms with Crippen molar-refractivity contribution in [2.45, 2.75) is 20.3 Å². The Balaban J connectivity index is 2.70. The fourth-order valence-electron chi connectivity index (χ4n) is 1.86. The summed E-state index contributed by atoms with van der Waals surface area (Å²) in [5, 5.41) is 11.7. The van der Waals surface area contributed by atoms with Crippen LogP contribution in [0, 0.1) is 6.92 Å². The average Bonchev–Trinajstić information content (AvgIpc) is 2.55.